The van der Waals surface area contributed by atoms with E-state index in [1.807, 2.05) is 37.3 Å². The fourth-order valence-electron chi connectivity index (χ4n) is 3.18. The Hall–Kier alpha value is -3.95. The SMILES string of the molecule is CCOC(=O)c1nc(C)c2cc(Oc3ccccc3)ccc2c1O.Cc1ccc(S(=O)(=O)O)cc1. The number of para-hydroxylation sites is 1. The van der Waals surface area contributed by atoms with Crippen molar-refractivity contribution in [3.63, 3.8) is 0 Å². The molecule has 0 spiro atoms. The third kappa shape index (κ3) is 6.56. The average molecular weight is 496 g/mol. The van der Waals surface area contributed by atoms with Crippen LogP contribution < -0.4 is 4.74 Å². The third-order valence-corrected chi connectivity index (χ3v) is 5.77. The van der Waals surface area contributed by atoms with Gasteiger partial charge in [-0.05, 0) is 63.2 Å². The number of rotatable bonds is 5. The molecule has 0 aliphatic carbocycles. The van der Waals surface area contributed by atoms with E-state index >= 15 is 0 Å². The maximum atomic E-state index is 11.9. The van der Waals surface area contributed by atoms with Crippen LogP contribution in [-0.4, -0.2) is 35.6 Å². The van der Waals surface area contributed by atoms with Gasteiger partial charge in [-0.25, -0.2) is 9.78 Å². The Morgan fingerprint density at radius 1 is 0.914 bits per heavy atom. The highest BCUT2D eigenvalue weighted by molar-refractivity contribution is 7.85. The smallest absolute Gasteiger partial charge is 0.360 e. The summed E-state index contributed by atoms with van der Waals surface area (Å²) in [5.74, 6) is 0.529. The standard InChI is InChI=1S/C19H17NO4.C7H8O3S/c1-3-23-19(22)17-18(21)15-10-9-14(11-16(15)12(2)20-17)24-13-7-5-4-6-8-13;1-6-2-4-7(5-3-6)11(8,9)10/h4-11,21H,3H2,1-2H3;2-5H,1H3,(H,8,9,10). The molecule has 0 radical (unpaired) electrons. The molecule has 0 saturated carbocycles. The normalized spacial score (nSPS) is 10.9. The monoisotopic (exact) mass is 495 g/mol. The predicted octanol–water partition coefficient (Wildman–Crippen LogP) is 5.46. The maximum absolute atomic E-state index is 11.9. The van der Waals surface area contributed by atoms with Gasteiger partial charge in [0.2, 0.25) is 0 Å². The van der Waals surface area contributed by atoms with Crippen molar-refractivity contribution in [3.8, 4) is 17.2 Å². The van der Waals surface area contributed by atoms with Gasteiger partial charge in [-0.3, -0.25) is 4.55 Å². The van der Waals surface area contributed by atoms with Gasteiger partial charge in [0.1, 0.15) is 11.5 Å². The summed E-state index contributed by atoms with van der Waals surface area (Å²) >= 11 is 0. The second-order valence-corrected chi connectivity index (χ2v) is 8.95. The fourth-order valence-corrected chi connectivity index (χ4v) is 3.66. The van der Waals surface area contributed by atoms with Crippen molar-refractivity contribution < 1.29 is 32.3 Å². The molecule has 0 aliphatic rings. The zero-order valence-electron chi connectivity index (χ0n) is 19.4. The Labute approximate surface area is 203 Å². The van der Waals surface area contributed by atoms with Gasteiger partial charge in [-0.15, -0.1) is 0 Å². The van der Waals surface area contributed by atoms with Crippen LogP contribution in [0.15, 0.2) is 77.7 Å². The molecule has 3 aromatic carbocycles. The fraction of sp³-hybridized carbons (Fsp3) is 0.154. The Kier molecular flexibility index (Phi) is 8.06. The van der Waals surface area contributed by atoms with E-state index < -0.39 is 16.1 Å². The Morgan fingerprint density at radius 2 is 1.57 bits per heavy atom. The molecular formula is C26H25NO7S. The minimum atomic E-state index is -4.02. The minimum absolute atomic E-state index is 0.0666. The van der Waals surface area contributed by atoms with E-state index in [0.29, 0.717) is 22.2 Å². The first-order valence-electron chi connectivity index (χ1n) is 10.7. The van der Waals surface area contributed by atoms with Crippen LogP contribution in [0, 0.1) is 13.8 Å². The van der Waals surface area contributed by atoms with E-state index in [4.69, 9.17) is 14.0 Å². The largest absolute Gasteiger partial charge is 0.505 e. The number of fused-ring (bicyclic) bond motifs is 1. The van der Waals surface area contributed by atoms with Crippen molar-refractivity contribution in [3.05, 3.63) is 89.7 Å². The van der Waals surface area contributed by atoms with Crippen LogP contribution >= 0.6 is 0 Å². The van der Waals surface area contributed by atoms with Crippen molar-refractivity contribution in [2.75, 3.05) is 6.61 Å². The summed E-state index contributed by atoms with van der Waals surface area (Å²) in [5.41, 5.74) is 1.50. The topological polar surface area (TPSA) is 123 Å². The molecule has 8 nitrogen and oxygen atoms in total. The molecule has 4 aromatic rings. The number of aromatic hydroxyl groups is 1. The number of esters is 1. The van der Waals surface area contributed by atoms with Gasteiger partial charge in [0.15, 0.2) is 11.4 Å². The van der Waals surface area contributed by atoms with Gasteiger partial charge in [0.05, 0.1) is 11.5 Å². The van der Waals surface area contributed by atoms with Crippen molar-refractivity contribution in [1.82, 2.24) is 4.98 Å². The molecule has 9 heteroatoms. The molecule has 0 unspecified atom stereocenters. The number of pyridine rings is 1. The lowest BCUT2D eigenvalue weighted by Gasteiger charge is -2.11. The highest BCUT2D eigenvalue weighted by atomic mass is 32.2. The molecule has 0 aliphatic heterocycles. The summed E-state index contributed by atoms with van der Waals surface area (Å²) in [7, 11) is -4.02. The summed E-state index contributed by atoms with van der Waals surface area (Å²) in [6, 6.07) is 20.6. The molecule has 0 bridgehead atoms. The molecule has 1 aromatic heterocycles. The van der Waals surface area contributed by atoms with E-state index in [1.54, 1.807) is 44.2 Å². The number of carbonyl (C=O) groups excluding carboxylic acids is 1. The molecule has 182 valence electrons. The summed E-state index contributed by atoms with van der Waals surface area (Å²) in [6.07, 6.45) is 0. The summed E-state index contributed by atoms with van der Waals surface area (Å²) in [5, 5.41) is 11.6. The average Bonchev–Trinajstić information content (AvgIpc) is 2.82. The van der Waals surface area contributed by atoms with Crippen LogP contribution in [0.5, 0.6) is 17.2 Å². The maximum Gasteiger partial charge on any atom is 0.360 e. The van der Waals surface area contributed by atoms with Crippen molar-refractivity contribution in [2.24, 2.45) is 0 Å². The minimum Gasteiger partial charge on any atom is -0.505 e. The number of hydrogen-bond donors (Lipinski definition) is 2. The molecule has 1 heterocycles. The van der Waals surface area contributed by atoms with Crippen LogP contribution in [0.4, 0.5) is 0 Å². The van der Waals surface area contributed by atoms with Crippen molar-refractivity contribution in [1.29, 1.82) is 0 Å². The molecular weight excluding hydrogens is 470 g/mol. The molecule has 2 N–H and O–H groups in total. The molecule has 0 fully saturated rings. The second-order valence-electron chi connectivity index (χ2n) is 7.53. The number of carbonyl (C=O) groups is 1. The number of aromatic nitrogens is 1. The third-order valence-electron chi connectivity index (χ3n) is 4.91. The van der Waals surface area contributed by atoms with Gasteiger partial charge >= 0.3 is 5.97 Å². The molecule has 0 amide bonds. The lowest BCUT2D eigenvalue weighted by Crippen LogP contribution is -2.08. The zero-order valence-corrected chi connectivity index (χ0v) is 20.2. The van der Waals surface area contributed by atoms with Crippen LogP contribution in [0.2, 0.25) is 0 Å². The lowest BCUT2D eigenvalue weighted by molar-refractivity contribution is 0.0516. The lowest BCUT2D eigenvalue weighted by atomic mass is 10.1. The highest BCUT2D eigenvalue weighted by Gasteiger charge is 2.19. The van der Waals surface area contributed by atoms with Gasteiger partial charge in [0, 0.05) is 16.5 Å². The summed E-state index contributed by atoms with van der Waals surface area (Å²) in [4.78, 5) is 16.0. The van der Waals surface area contributed by atoms with Crippen LogP contribution in [0.1, 0.15) is 28.7 Å². The van der Waals surface area contributed by atoms with E-state index in [1.165, 1.54) is 12.1 Å². The van der Waals surface area contributed by atoms with Gasteiger partial charge in [-0.1, -0.05) is 35.9 Å². The predicted molar refractivity (Wildman–Crippen MR) is 132 cm³/mol. The van der Waals surface area contributed by atoms with Crippen LogP contribution in [0.25, 0.3) is 10.8 Å². The Bertz CT molecular complexity index is 1430. The van der Waals surface area contributed by atoms with E-state index in [0.717, 1.165) is 11.3 Å². The van der Waals surface area contributed by atoms with Crippen LogP contribution in [-0.2, 0) is 14.9 Å². The van der Waals surface area contributed by atoms with E-state index in [9.17, 15) is 18.3 Å². The number of benzene rings is 3. The second kappa shape index (κ2) is 11.0. The first-order valence-corrected chi connectivity index (χ1v) is 12.1. The molecule has 0 atom stereocenters. The van der Waals surface area contributed by atoms with Gasteiger partial charge in [-0.2, -0.15) is 8.42 Å². The van der Waals surface area contributed by atoms with Gasteiger partial charge in [0.25, 0.3) is 10.1 Å². The first kappa shape index (κ1) is 25.7. The number of ether oxygens (including phenoxy) is 2. The zero-order chi connectivity index (χ0) is 25.6. The molecule has 35 heavy (non-hydrogen) atoms. The van der Waals surface area contributed by atoms with Gasteiger partial charge < -0.3 is 14.6 Å². The van der Waals surface area contributed by atoms with E-state index in [-0.39, 0.29) is 22.9 Å². The van der Waals surface area contributed by atoms with Crippen LogP contribution in [0.3, 0.4) is 0 Å². The quantitative estimate of drug-likeness (QED) is 0.276. The Morgan fingerprint density at radius 3 is 2.17 bits per heavy atom. The summed E-state index contributed by atoms with van der Waals surface area (Å²) in [6.45, 7) is 5.54. The van der Waals surface area contributed by atoms with Crippen molar-refractivity contribution >= 4 is 26.9 Å². The summed E-state index contributed by atoms with van der Waals surface area (Å²) < 4.78 is 40.3. The van der Waals surface area contributed by atoms with E-state index in [2.05, 4.69) is 4.98 Å². The Balaban J connectivity index is 0.000000261. The molecule has 4 rings (SSSR count). The highest BCUT2D eigenvalue weighted by Crippen LogP contribution is 2.33. The molecule has 0 saturated heterocycles. The number of nitrogens with zero attached hydrogens (tertiary/aromatic N) is 1. The first-order chi connectivity index (χ1) is 16.6. The number of aryl methyl sites for hydroxylation is 2. The number of hydrogen-bond acceptors (Lipinski definition) is 7. The van der Waals surface area contributed by atoms with Crippen molar-refractivity contribution in [2.45, 2.75) is 25.7 Å².